The Labute approximate surface area is 124 Å². The number of piperazine rings is 1. The molecule has 0 spiro atoms. The SMILES string of the molecule is FC(F)(F)C[C@H](c1ccccc1C(F)(F)F)N1CCNCC1. The molecule has 1 aliphatic heterocycles. The summed E-state index contributed by atoms with van der Waals surface area (Å²) in [7, 11) is 0. The topological polar surface area (TPSA) is 15.3 Å². The molecular formula is C14H16F6N2. The maximum atomic E-state index is 13.1. The molecule has 1 heterocycles. The van der Waals surface area contributed by atoms with Gasteiger partial charge >= 0.3 is 12.4 Å². The molecular weight excluding hydrogens is 310 g/mol. The first-order chi connectivity index (χ1) is 10.2. The van der Waals surface area contributed by atoms with Crippen LogP contribution in [0.2, 0.25) is 0 Å². The molecule has 22 heavy (non-hydrogen) atoms. The number of nitrogens with zero attached hydrogens (tertiary/aromatic N) is 1. The van der Waals surface area contributed by atoms with Gasteiger partial charge in [0.25, 0.3) is 0 Å². The van der Waals surface area contributed by atoms with Crippen molar-refractivity contribution in [1.29, 1.82) is 0 Å². The van der Waals surface area contributed by atoms with Crippen molar-refractivity contribution in [3.63, 3.8) is 0 Å². The molecule has 2 nitrogen and oxygen atoms in total. The first kappa shape index (κ1) is 17.1. The van der Waals surface area contributed by atoms with E-state index in [0.29, 0.717) is 13.1 Å². The van der Waals surface area contributed by atoms with E-state index in [2.05, 4.69) is 5.32 Å². The van der Waals surface area contributed by atoms with Gasteiger partial charge in [-0.15, -0.1) is 0 Å². The standard InChI is InChI=1S/C14H16F6N2/c15-13(16,17)9-12(22-7-5-21-6-8-22)10-3-1-2-4-11(10)14(18,19)20/h1-4,12,21H,5-9H2/t12-/m1/s1. The Morgan fingerprint density at radius 3 is 2.14 bits per heavy atom. The van der Waals surface area contributed by atoms with Crippen molar-refractivity contribution in [1.82, 2.24) is 10.2 Å². The van der Waals surface area contributed by atoms with Crippen LogP contribution in [0.25, 0.3) is 0 Å². The van der Waals surface area contributed by atoms with Crippen LogP contribution >= 0.6 is 0 Å². The van der Waals surface area contributed by atoms with E-state index < -0.39 is 30.4 Å². The van der Waals surface area contributed by atoms with Gasteiger partial charge in [-0.25, -0.2) is 0 Å². The van der Waals surface area contributed by atoms with Crippen molar-refractivity contribution >= 4 is 0 Å². The van der Waals surface area contributed by atoms with Crippen LogP contribution in [0.1, 0.15) is 23.6 Å². The summed E-state index contributed by atoms with van der Waals surface area (Å²) < 4.78 is 77.8. The fourth-order valence-corrected chi connectivity index (χ4v) is 2.69. The highest BCUT2D eigenvalue weighted by Crippen LogP contribution is 2.40. The van der Waals surface area contributed by atoms with Crippen molar-refractivity contribution in [3.05, 3.63) is 35.4 Å². The quantitative estimate of drug-likeness (QED) is 0.854. The molecule has 1 saturated heterocycles. The Balaban J connectivity index is 2.40. The van der Waals surface area contributed by atoms with E-state index in [9.17, 15) is 26.3 Å². The predicted molar refractivity (Wildman–Crippen MR) is 69.3 cm³/mol. The lowest BCUT2D eigenvalue weighted by Crippen LogP contribution is -2.46. The molecule has 2 rings (SSSR count). The fraction of sp³-hybridized carbons (Fsp3) is 0.571. The summed E-state index contributed by atoms with van der Waals surface area (Å²) in [6.45, 7) is 1.49. The molecule has 0 unspecified atom stereocenters. The number of benzene rings is 1. The molecule has 1 aromatic rings. The highest BCUT2D eigenvalue weighted by molar-refractivity contribution is 5.32. The first-order valence-corrected chi connectivity index (χ1v) is 6.86. The van der Waals surface area contributed by atoms with Crippen LogP contribution in [0, 0.1) is 0 Å². The summed E-state index contributed by atoms with van der Waals surface area (Å²) >= 11 is 0. The molecule has 0 aromatic heterocycles. The summed E-state index contributed by atoms with van der Waals surface area (Å²) in [6, 6.07) is 3.19. The molecule has 1 aromatic carbocycles. The third kappa shape index (κ3) is 4.36. The molecule has 0 bridgehead atoms. The van der Waals surface area contributed by atoms with Gasteiger partial charge in [-0.3, -0.25) is 4.90 Å². The summed E-state index contributed by atoms with van der Waals surface area (Å²) in [5, 5.41) is 2.98. The van der Waals surface area contributed by atoms with E-state index in [4.69, 9.17) is 0 Å². The molecule has 0 saturated carbocycles. The van der Waals surface area contributed by atoms with Gasteiger partial charge in [0.15, 0.2) is 0 Å². The number of halogens is 6. The number of alkyl halides is 6. The van der Waals surface area contributed by atoms with Crippen LogP contribution < -0.4 is 5.32 Å². The summed E-state index contributed by atoms with van der Waals surface area (Å²) in [6.07, 6.45) is -10.5. The fourth-order valence-electron chi connectivity index (χ4n) is 2.69. The second-order valence-electron chi connectivity index (χ2n) is 5.21. The van der Waals surface area contributed by atoms with Gasteiger partial charge in [-0.05, 0) is 11.6 Å². The first-order valence-electron chi connectivity index (χ1n) is 6.86. The molecule has 1 N–H and O–H groups in total. The lowest BCUT2D eigenvalue weighted by molar-refractivity contribution is -0.153. The third-order valence-electron chi connectivity index (χ3n) is 3.64. The van der Waals surface area contributed by atoms with Crippen LogP contribution in [-0.2, 0) is 6.18 Å². The summed E-state index contributed by atoms with van der Waals surface area (Å²) in [5.41, 5.74) is -1.31. The lowest BCUT2D eigenvalue weighted by Gasteiger charge is -2.36. The highest BCUT2D eigenvalue weighted by atomic mass is 19.4. The van der Waals surface area contributed by atoms with Crippen molar-refractivity contribution in [2.24, 2.45) is 0 Å². The summed E-state index contributed by atoms with van der Waals surface area (Å²) in [4.78, 5) is 1.47. The van der Waals surface area contributed by atoms with Gasteiger partial charge in [0, 0.05) is 32.2 Å². The van der Waals surface area contributed by atoms with E-state index in [1.165, 1.54) is 17.0 Å². The van der Waals surface area contributed by atoms with Crippen LogP contribution in [0.3, 0.4) is 0 Å². The third-order valence-corrected chi connectivity index (χ3v) is 3.64. The zero-order chi connectivity index (χ0) is 16.4. The monoisotopic (exact) mass is 326 g/mol. The average molecular weight is 326 g/mol. The van der Waals surface area contributed by atoms with Crippen LogP contribution in [0.4, 0.5) is 26.3 Å². The number of hydrogen-bond donors (Lipinski definition) is 1. The molecule has 0 amide bonds. The second kappa shape index (κ2) is 6.45. The Morgan fingerprint density at radius 1 is 1.00 bits per heavy atom. The van der Waals surface area contributed by atoms with E-state index >= 15 is 0 Å². The Bertz CT molecular complexity index is 491. The van der Waals surface area contributed by atoms with E-state index in [1.54, 1.807) is 0 Å². The molecule has 8 heteroatoms. The van der Waals surface area contributed by atoms with Crippen molar-refractivity contribution in [2.75, 3.05) is 26.2 Å². The molecule has 0 aliphatic carbocycles. The average Bonchev–Trinajstić information content (AvgIpc) is 2.44. The highest BCUT2D eigenvalue weighted by Gasteiger charge is 2.41. The maximum Gasteiger partial charge on any atom is 0.416 e. The van der Waals surface area contributed by atoms with Gasteiger partial charge in [-0.1, -0.05) is 18.2 Å². The van der Waals surface area contributed by atoms with Gasteiger partial charge in [0.05, 0.1) is 12.0 Å². The molecule has 1 atom stereocenters. The number of hydrogen-bond acceptors (Lipinski definition) is 2. The summed E-state index contributed by atoms with van der Waals surface area (Å²) in [5.74, 6) is 0. The Hall–Kier alpha value is -1.28. The molecule has 124 valence electrons. The van der Waals surface area contributed by atoms with Crippen LogP contribution in [0.5, 0.6) is 0 Å². The predicted octanol–water partition coefficient (Wildman–Crippen LogP) is 3.60. The second-order valence-corrected chi connectivity index (χ2v) is 5.21. The van der Waals surface area contributed by atoms with Gasteiger partial charge in [-0.2, -0.15) is 26.3 Å². The Kier molecular flexibility index (Phi) is 5.01. The zero-order valence-electron chi connectivity index (χ0n) is 11.6. The number of nitrogens with one attached hydrogen (secondary N) is 1. The Morgan fingerprint density at radius 2 is 1.59 bits per heavy atom. The van der Waals surface area contributed by atoms with Crippen molar-refractivity contribution in [2.45, 2.75) is 24.8 Å². The van der Waals surface area contributed by atoms with E-state index in [-0.39, 0.29) is 18.7 Å². The van der Waals surface area contributed by atoms with Crippen LogP contribution in [0.15, 0.2) is 24.3 Å². The lowest BCUT2D eigenvalue weighted by atomic mass is 9.95. The minimum Gasteiger partial charge on any atom is -0.314 e. The minimum absolute atomic E-state index is 0.285. The zero-order valence-corrected chi connectivity index (χ0v) is 11.6. The molecule has 1 aliphatic rings. The van der Waals surface area contributed by atoms with Gasteiger partial charge in [0.1, 0.15) is 0 Å². The molecule has 1 fully saturated rings. The molecule has 0 radical (unpaired) electrons. The van der Waals surface area contributed by atoms with Crippen molar-refractivity contribution < 1.29 is 26.3 Å². The van der Waals surface area contributed by atoms with Crippen molar-refractivity contribution in [3.8, 4) is 0 Å². The largest absolute Gasteiger partial charge is 0.416 e. The van der Waals surface area contributed by atoms with E-state index in [1.807, 2.05) is 0 Å². The number of rotatable bonds is 3. The van der Waals surface area contributed by atoms with Gasteiger partial charge < -0.3 is 5.32 Å². The maximum absolute atomic E-state index is 13.1. The minimum atomic E-state index is -4.67. The smallest absolute Gasteiger partial charge is 0.314 e. The van der Waals surface area contributed by atoms with Crippen LogP contribution in [-0.4, -0.2) is 37.3 Å². The normalized spacial score (nSPS) is 19.2. The van der Waals surface area contributed by atoms with E-state index in [0.717, 1.165) is 12.1 Å². The van der Waals surface area contributed by atoms with Gasteiger partial charge in [0.2, 0.25) is 0 Å².